The van der Waals surface area contributed by atoms with E-state index in [-0.39, 0.29) is 11.7 Å². The Hall–Kier alpha value is -1.26. The van der Waals surface area contributed by atoms with Crippen LogP contribution in [-0.2, 0) is 6.42 Å². The minimum Gasteiger partial charge on any atom is -0.316 e. The van der Waals surface area contributed by atoms with Crippen molar-refractivity contribution in [2.45, 2.75) is 26.2 Å². The molecule has 20 heavy (non-hydrogen) atoms. The summed E-state index contributed by atoms with van der Waals surface area (Å²) in [5, 5.41) is 6.46. The summed E-state index contributed by atoms with van der Waals surface area (Å²) < 4.78 is 14.0. The molecule has 2 rings (SSSR count). The summed E-state index contributed by atoms with van der Waals surface area (Å²) in [5.74, 6) is 0.595. The highest BCUT2D eigenvalue weighted by molar-refractivity contribution is 7.09. The number of aromatic nitrogens is 1. The number of thiazole rings is 1. The van der Waals surface area contributed by atoms with Gasteiger partial charge < -0.3 is 5.32 Å². The van der Waals surface area contributed by atoms with Crippen LogP contribution in [0.2, 0.25) is 0 Å². The number of rotatable bonds is 7. The van der Waals surface area contributed by atoms with Gasteiger partial charge in [-0.25, -0.2) is 9.37 Å². The van der Waals surface area contributed by atoms with Crippen molar-refractivity contribution < 1.29 is 4.39 Å². The zero-order chi connectivity index (χ0) is 14.4. The first-order chi connectivity index (χ1) is 9.66. The summed E-state index contributed by atoms with van der Waals surface area (Å²) in [4.78, 5) is 4.32. The van der Waals surface area contributed by atoms with Crippen LogP contribution in [0.1, 0.15) is 30.3 Å². The lowest BCUT2D eigenvalue weighted by Gasteiger charge is -2.18. The fraction of sp³-hybridized carbons (Fsp3) is 0.438. The minimum atomic E-state index is -0.125. The van der Waals surface area contributed by atoms with Crippen molar-refractivity contribution in [3.63, 3.8) is 0 Å². The zero-order valence-electron chi connectivity index (χ0n) is 12.0. The van der Waals surface area contributed by atoms with E-state index >= 15 is 0 Å². The average Bonchev–Trinajstić information content (AvgIpc) is 2.91. The predicted molar refractivity (Wildman–Crippen MR) is 82.7 cm³/mol. The van der Waals surface area contributed by atoms with E-state index < -0.39 is 0 Å². The molecule has 0 amide bonds. The van der Waals surface area contributed by atoms with Gasteiger partial charge in [-0.1, -0.05) is 32.0 Å². The van der Waals surface area contributed by atoms with Crippen LogP contribution < -0.4 is 5.32 Å². The van der Waals surface area contributed by atoms with Crippen LogP contribution in [0.15, 0.2) is 35.8 Å². The van der Waals surface area contributed by atoms with E-state index in [1.807, 2.05) is 17.5 Å². The number of halogens is 1. The lowest BCUT2D eigenvalue weighted by molar-refractivity contribution is 0.499. The molecule has 0 aliphatic heterocycles. The minimum absolute atomic E-state index is 0.125. The highest BCUT2D eigenvalue weighted by Gasteiger charge is 2.17. The SMILES string of the molecule is CC(C)CNCC(Cc1nccs1)c1ccccc1F. The van der Waals surface area contributed by atoms with E-state index in [0.29, 0.717) is 5.92 Å². The molecule has 0 fully saturated rings. The Balaban J connectivity index is 2.09. The second kappa shape index (κ2) is 7.50. The van der Waals surface area contributed by atoms with E-state index in [1.165, 1.54) is 6.07 Å². The van der Waals surface area contributed by atoms with Crippen molar-refractivity contribution >= 4 is 11.3 Å². The van der Waals surface area contributed by atoms with Crippen molar-refractivity contribution in [3.8, 4) is 0 Å². The van der Waals surface area contributed by atoms with Crippen molar-refractivity contribution in [1.29, 1.82) is 0 Å². The van der Waals surface area contributed by atoms with Crippen LogP contribution in [0, 0.1) is 11.7 Å². The van der Waals surface area contributed by atoms with Crippen LogP contribution in [0.3, 0.4) is 0 Å². The molecule has 0 aliphatic carbocycles. The number of nitrogens with zero attached hydrogens (tertiary/aromatic N) is 1. The number of hydrogen-bond acceptors (Lipinski definition) is 3. The summed E-state index contributed by atoms with van der Waals surface area (Å²) in [6.07, 6.45) is 2.59. The Morgan fingerprint density at radius 2 is 2.05 bits per heavy atom. The summed E-state index contributed by atoms with van der Waals surface area (Å²) in [6.45, 7) is 6.07. The first-order valence-corrected chi connectivity index (χ1v) is 7.88. The summed E-state index contributed by atoms with van der Waals surface area (Å²) in [6, 6.07) is 7.05. The molecule has 2 aromatic rings. The Morgan fingerprint density at radius 1 is 1.25 bits per heavy atom. The van der Waals surface area contributed by atoms with Crippen molar-refractivity contribution in [2.75, 3.05) is 13.1 Å². The van der Waals surface area contributed by atoms with Gasteiger partial charge in [-0.05, 0) is 24.1 Å². The summed E-state index contributed by atoms with van der Waals surface area (Å²) in [7, 11) is 0. The predicted octanol–water partition coefficient (Wildman–Crippen LogP) is 3.85. The fourth-order valence-corrected chi connectivity index (χ4v) is 2.91. The van der Waals surface area contributed by atoms with Gasteiger partial charge in [0, 0.05) is 30.5 Å². The summed E-state index contributed by atoms with van der Waals surface area (Å²) in [5.41, 5.74) is 0.777. The third-order valence-corrected chi connectivity index (χ3v) is 3.99. The molecule has 1 aromatic carbocycles. The monoisotopic (exact) mass is 292 g/mol. The normalized spacial score (nSPS) is 12.8. The molecule has 1 N–H and O–H groups in total. The molecule has 0 saturated carbocycles. The second-order valence-electron chi connectivity index (χ2n) is 5.40. The van der Waals surface area contributed by atoms with Crippen LogP contribution in [-0.4, -0.2) is 18.1 Å². The zero-order valence-corrected chi connectivity index (χ0v) is 12.8. The van der Waals surface area contributed by atoms with Gasteiger partial charge in [-0.3, -0.25) is 0 Å². The van der Waals surface area contributed by atoms with Gasteiger partial charge in [-0.2, -0.15) is 0 Å². The van der Waals surface area contributed by atoms with Gasteiger partial charge in [0.1, 0.15) is 5.82 Å². The van der Waals surface area contributed by atoms with Gasteiger partial charge in [0.05, 0.1) is 5.01 Å². The molecule has 2 nitrogen and oxygen atoms in total. The van der Waals surface area contributed by atoms with E-state index in [4.69, 9.17) is 0 Å². The van der Waals surface area contributed by atoms with Crippen LogP contribution in [0.25, 0.3) is 0 Å². The molecule has 1 atom stereocenters. The Bertz CT molecular complexity index is 511. The molecule has 0 bridgehead atoms. The van der Waals surface area contributed by atoms with Crippen molar-refractivity contribution in [2.24, 2.45) is 5.92 Å². The lowest BCUT2D eigenvalue weighted by Crippen LogP contribution is -2.27. The number of nitrogens with one attached hydrogen (secondary N) is 1. The molecule has 1 unspecified atom stereocenters. The topological polar surface area (TPSA) is 24.9 Å². The molecule has 1 aromatic heterocycles. The van der Waals surface area contributed by atoms with Crippen LogP contribution in [0.5, 0.6) is 0 Å². The van der Waals surface area contributed by atoms with E-state index in [1.54, 1.807) is 23.6 Å². The third kappa shape index (κ3) is 4.39. The van der Waals surface area contributed by atoms with Gasteiger partial charge in [-0.15, -0.1) is 11.3 Å². The number of benzene rings is 1. The van der Waals surface area contributed by atoms with Crippen LogP contribution >= 0.6 is 11.3 Å². The second-order valence-corrected chi connectivity index (χ2v) is 6.38. The Morgan fingerprint density at radius 3 is 2.70 bits per heavy atom. The van der Waals surface area contributed by atoms with Gasteiger partial charge in [0.15, 0.2) is 0 Å². The molecule has 4 heteroatoms. The molecule has 108 valence electrons. The Kier molecular flexibility index (Phi) is 5.68. The van der Waals surface area contributed by atoms with Crippen molar-refractivity contribution in [3.05, 3.63) is 52.2 Å². The molecule has 0 spiro atoms. The first-order valence-electron chi connectivity index (χ1n) is 7.00. The molecule has 1 heterocycles. The highest BCUT2D eigenvalue weighted by Crippen LogP contribution is 2.24. The molecule has 0 saturated heterocycles. The van der Waals surface area contributed by atoms with E-state index in [9.17, 15) is 4.39 Å². The molecular formula is C16H21FN2S. The quantitative estimate of drug-likeness (QED) is 0.838. The van der Waals surface area contributed by atoms with E-state index in [2.05, 4.69) is 24.1 Å². The molecule has 0 aliphatic rings. The summed E-state index contributed by atoms with van der Waals surface area (Å²) >= 11 is 1.63. The maximum atomic E-state index is 14.0. The molecule has 0 radical (unpaired) electrons. The lowest BCUT2D eigenvalue weighted by atomic mass is 9.95. The molecular weight excluding hydrogens is 271 g/mol. The maximum absolute atomic E-state index is 14.0. The largest absolute Gasteiger partial charge is 0.316 e. The third-order valence-electron chi connectivity index (χ3n) is 3.19. The highest BCUT2D eigenvalue weighted by atomic mass is 32.1. The standard InChI is InChI=1S/C16H21FN2S/c1-12(2)10-18-11-13(9-16-19-7-8-20-16)14-5-3-4-6-15(14)17/h3-8,12-13,18H,9-11H2,1-2H3. The van der Waals surface area contributed by atoms with Crippen molar-refractivity contribution in [1.82, 2.24) is 10.3 Å². The fourth-order valence-electron chi connectivity index (χ4n) is 2.21. The first kappa shape index (κ1) is 15.1. The smallest absolute Gasteiger partial charge is 0.126 e. The maximum Gasteiger partial charge on any atom is 0.126 e. The average molecular weight is 292 g/mol. The van der Waals surface area contributed by atoms with Gasteiger partial charge in [0.25, 0.3) is 0 Å². The van der Waals surface area contributed by atoms with Gasteiger partial charge in [0.2, 0.25) is 0 Å². The van der Waals surface area contributed by atoms with Crippen LogP contribution in [0.4, 0.5) is 4.39 Å². The Labute approximate surface area is 124 Å². The number of hydrogen-bond donors (Lipinski definition) is 1. The van der Waals surface area contributed by atoms with E-state index in [0.717, 1.165) is 30.1 Å². The van der Waals surface area contributed by atoms with Gasteiger partial charge >= 0.3 is 0 Å².